The number of rotatable bonds is 2. The van der Waals surface area contributed by atoms with Gasteiger partial charge in [0.05, 0.1) is 16.6 Å². The summed E-state index contributed by atoms with van der Waals surface area (Å²) in [6.45, 7) is 3.13. The van der Waals surface area contributed by atoms with Crippen LogP contribution in [-0.2, 0) is 6.54 Å². The molecule has 9 heteroatoms. The number of fused-ring (bicyclic) bond motifs is 2. The Kier molecular flexibility index (Phi) is 3.87. The van der Waals surface area contributed by atoms with E-state index in [1.165, 1.54) is 0 Å². The van der Waals surface area contributed by atoms with Gasteiger partial charge in [-0.15, -0.1) is 10.2 Å². The van der Waals surface area contributed by atoms with Crippen molar-refractivity contribution in [3.63, 3.8) is 0 Å². The highest BCUT2D eigenvalue weighted by molar-refractivity contribution is 6.30. The zero-order chi connectivity index (χ0) is 19.3. The highest BCUT2D eigenvalue weighted by Crippen LogP contribution is 2.29. The number of halogens is 1. The fourth-order valence-electron chi connectivity index (χ4n) is 3.59. The molecule has 5 rings (SSSR count). The molecule has 4 aromatic rings. The number of pyridine rings is 2. The van der Waals surface area contributed by atoms with Gasteiger partial charge in [0.15, 0.2) is 17.3 Å². The number of nitrogens with zero attached hydrogens (tertiary/aromatic N) is 7. The molecule has 1 unspecified atom stereocenters. The van der Waals surface area contributed by atoms with Crippen molar-refractivity contribution < 1.29 is 4.79 Å². The Morgan fingerprint density at radius 2 is 1.96 bits per heavy atom. The maximum atomic E-state index is 13.1. The zero-order valence-electron chi connectivity index (χ0n) is 15.0. The van der Waals surface area contributed by atoms with Gasteiger partial charge in [0.25, 0.3) is 5.91 Å². The van der Waals surface area contributed by atoms with E-state index in [4.69, 9.17) is 11.6 Å². The second-order valence-electron chi connectivity index (χ2n) is 6.69. The van der Waals surface area contributed by atoms with Gasteiger partial charge in [0, 0.05) is 37.2 Å². The van der Waals surface area contributed by atoms with Gasteiger partial charge in [-0.05, 0) is 37.3 Å². The second-order valence-corrected chi connectivity index (χ2v) is 7.13. The minimum Gasteiger partial charge on any atom is -0.325 e. The second kappa shape index (κ2) is 6.42. The summed E-state index contributed by atoms with van der Waals surface area (Å²) < 4.78 is 3.68. The van der Waals surface area contributed by atoms with Crippen LogP contribution in [0.15, 0.2) is 48.9 Å². The summed E-state index contributed by atoms with van der Waals surface area (Å²) in [5.74, 6) is 1.42. The van der Waals surface area contributed by atoms with Crippen molar-refractivity contribution in [2.75, 3.05) is 6.54 Å². The van der Waals surface area contributed by atoms with Crippen LogP contribution in [-0.4, -0.2) is 46.7 Å². The molecule has 1 aliphatic rings. The van der Waals surface area contributed by atoms with Crippen LogP contribution in [0.4, 0.5) is 0 Å². The Balaban J connectivity index is 1.46. The molecule has 0 saturated carbocycles. The summed E-state index contributed by atoms with van der Waals surface area (Å²) in [4.78, 5) is 18.9. The molecule has 0 aliphatic carbocycles. The summed E-state index contributed by atoms with van der Waals surface area (Å²) in [7, 11) is 0. The summed E-state index contributed by atoms with van der Waals surface area (Å²) in [5, 5.41) is 13.6. The number of carbonyl (C=O) groups is 1. The van der Waals surface area contributed by atoms with Gasteiger partial charge in [0.1, 0.15) is 0 Å². The quantitative estimate of drug-likeness (QED) is 0.523. The van der Waals surface area contributed by atoms with Crippen LogP contribution in [0, 0.1) is 0 Å². The van der Waals surface area contributed by atoms with E-state index >= 15 is 0 Å². The SMILES string of the molecule is CC1c2nnc(-c3ccncc3)n2CCN1C(=O)c1cc2ccc(Cl)cn2n1. The average molecular weight is 394 g/mol. The Morgan fingerprint density at radius 1 is 1.14 bits per heavy atom. The lowest BCUT2D eigenvalue weighted by Gasteiger charge is -2.33. The van der Waals surface area contributed by atoms with E-state index in [0.717, 1.165) is 22.7 Å². The first kappa shape index (κ1) is 16.9. The molecule has 5 heterocycles. The van der Waals surface area contributed by atoms with Gasteiger partial charge in [-0.25, -0.2) is 4.52 Å². The van der Waals surface area contributed by atoms with Crippen LogP contribution >= 0.6 is 11.6 Å². The largest absolute Gasteiger partial charge is 0.325 e. The lowest BCUT2D eigenvalue weighted by molar-refractivity contribution is 0.0632. The third kappa shape index (κ3) is 2.65. The summed E-state index contributed by atoms with van der Waals surface area (Å²) in [6, 6.07) is 8.98. The molecular formula is C19H16ClN7O. The first-order valence-electron chi connectivity index (χ1n) is 8.91. The first-order valence-corrected chi connectivity index (χ1v) is 9.29. The molecule has 28 heavy (non-hydrogen) atoms. The molecule has 8 nitrogen and oxygen atoms in total. The van der Waals surface area contributed by atoms with E-state index in [1.54, 1.807) is 40.1 Å². The fourth-order valence-corrected chi connectivity index (χ4v) is 3.75. The van der Waals surface area contributed by atoms with Gasteiger partial charge < -0.3 is 9.47 Å². The maximum absolute atomic E-state index is 13.1. The predicted molar refractivity (Wildman–Crippen MR) is 103 cm³/mol. The van der Waals surface area contributed by atoms with Crippen LogP contribution in [0.1, 0.15) is 29.3 Å². The van der Waals surface area contributed by atoms with Crippen LogP contribution in [0.2, 0.25) is 5.02 Å². The van der Waals surface area contributed by atoms with Crippen molar-refractivity contribution in [3.8, 4) is 11.4 Å². The van der Waals surface area contributed by atoms with E-state index in [1.807, 2.05) is 25.1 Å². The van der Waals surface area contributed by atoms with Gasteiger partial charge in [-0.2, -0.15) is 5.10 Å². The molecular weight excluding hydrogens is 378 g/mol. The average Bonchev–Trinajstić information content (AvgIpc) is 3.32. The number of carbonyl (C=O) groups excluding carboxylic acids is 1. The minimum atomic E-state index is -0.210. The van der Waals surface area contributed by atoms with Crippen LogP contribution < -0.4 is 0 Å². The number of hydrogen-bond acceptors (Lipinski definition) is 5. The van der Waals surface area contributed by atoms with E-state index in [9.17, 15) is 4.79 Å². The highest BCUT2D eigenvalue weighted by atomic mass is 35.5. The van der Waals surface area contributed by atoms with Crippen molar-refractivity contribution in [2.24, 2.45) is 0 Å². The fraction of sp³-hybridized carbons (Fsp3) is 0.211. The van der Waals surface area contributed by atoms with Crippen LogP contribution in [0.3, 0.4) is 0 Å². The van der Waals surface area contributed by atoms with Gasteiger partial charge in [-0.3, -0.25) is 9.78 Å². The van der Waals surface area contributed by atoms with E-state index in [0.29, 0.717) is 23.8 Å². The third-order valence-corrected chi connectivity index (χ3v) is 5.25. The van der Waals surface area contributed by atoms with Crippen molar-refractivity contribution in [2.45, 2.75) is 19.5 Å². The van der Waals surface area contributed by atoms with E-state index in [-0.39, 0.29) is 11.9 Å². The molecule has 0 radical (unpaired) electrons. The number of aromatic nitrogens is 6. The Labute approximate surface area is 165 Å². The third-order valence-electron chi connectivity index (χ3n) is 5.03. The normalized spacial score (nSPS) is 16.4. The van der Waals surface area contributed by atoms with Crippen molar-refractivity contribution in [1.82, 2.24) is 34.3 Å². The lowest BCUT2D eigenvalue weighted by Crippen LogP contribution is -2.41. The van der Waals surface area contributed by atoms with Crippen LogP contribution in [0.5, 0.6) is 0 Å². The van der Waals surface area contributed by atoms with Crippen molar-refractivity contribution >= 4 is 23.0 Å². The minimum absolute atomic E-state index is 0.132. The predicted octanol–water partition coefficient (Wildman–Crippen LogP) is 2.86. The van der Waals surface area contributed by atoms with Crippen molar-refractivity contribution in [3.05, 3.63) is 65.5 Å². The Hall–Kier alpha value is -3.26. The Bertz CT molecular complexity index is 1180. The first-order chi connectivity index (χ1) is 13.6. The molecule has 1 aliphatic heterocycles. The molecule has 1 amide bonds. The summed E-state index contributed by atoms with van der Waals surface area (Å²) >= 11 is 6.01. The monoisotopic (exact) mass is 393 g/mol. The van der Waals surface area contributed by atoms with Gasteiger partial charge >= 0.3 is 0 Å². The van der Waals surface area contributed by atoms with Gasteiger partial charge in [-0.1, -0.05) is 11.6 Å². The molecule has 0 bridgehead atoms. The number of hydrogen-bond donors (Lipinski definition) is 0. The van der Waals surface area contributed by atoms with E-state index < -0.39 is 0 Å². The number of amides is 1. The molecule has 0 saturated heterocycles. The smallest absolute Gasteiger partial charge is 0.275 e. The van der Waals surface area contributed by atoms with E-state index in [2.05, 4.69) is 24.8 Å². The maximum Gasteiger partial charge on any atom is 0.275 e. The molecule has 1 atom stereocenters. The van der Waals surface area contributed by atoms with Crippen LogP contribution in [0.25, 0.3) is 16.9 Å². The highest BCUT2D eigenvalue weighted by Gasteiger charge is 2.33. The summed E-state index contributed by atoms with van der Waals surface area (Å²) in [5.41, 5.74) is 2.16. The molecule has 4 aromatic heterocycles. The molecule has 0 fully saturated rings. The topological polar surface area (TPSA) is 81.2 Å². The lowest BCUT2D eigenvalue weighted by atomic mass is 10.1. The summed E-state index contributed by atoms with van der Waals surface area (Å²) in [6.07, 6.45) is 5.15. The molecule has 0 N–H and O–H groups in total. The molecule has 0 aromatic carbocycles. The van der Waals surface area contributed by atoms with Crippen molar-refractivity contribution in [1.29, 1.82) is 0 Å². The standard InChI is InChI=1S/C19H16ClN7O/c1-12-17-22-23-18(13-4-6-21-7-5-13)26(17)9-8-25(12)19(28)16-10-15-3-2-14(20)11-27(15)24-16/h2-7,10-12H,8-9H2,1H3. The molecule has 140 valence electrons. The zero-order valence-corrected chi connectivity index (χ0v) is 15.8. The molecule has 0 spiro atoms. The Morgan fingerprint density at radius 3 is 2.79 bits per heavy atom. The van der Waals surface area contributed by atoms with Gasteiger partial charge in [0.2, 0.25) is 0 Å².